The number of nitrogens with one attached hydrogen (secondary N) is 1. The molecule has 0 spiro atoms. The maximum Gasteiger partial charge on any atom is 0.362 e. The van der Waals surface area contributed by atoms with Crippen LogP contribution in [0.1, 0.15) is 34.8 Å². The zero-order valence-corrected chi connectivity index (χ0v) is 11.3. The summed E-state index contributed by atoms with van der Waals surface area (Å²) in [7, 11) is 0. The topological polar surface area (TPSA) is 97.3 Å². The van der Waals surface area contributed by atoms with Gasteiger partial charge in [-0.25, -0.2) is 9.89 Å². The van der Waals surface area contributed by atoms with Crippen molar-refractivity contribution in [1.29, 1.82) is 0 Å². The number of H-pyrrole nitrogens is 1. The smallest absolute Gasteiger partial charge is 0.362 e. The van der Waals surface area contributed by atoms with Crippen molar-refractivity contribution in [3.8, 4) is 11.6 Å². The van der Waals surface area contributed by atoms with E-state index in [1.165, 1.54) is 5.56 Å². The van der Waals surface area contributed by atoms with Crippen molar-refractivity contribution in [3.05, 3.63) is 35.5 Å². The van der Waals surface area contributed by atoms with Gasteiger partial charge in [0.2, 0.25) is 5.69 Å². The molecule has 1 aromatic heterocycles. The summed E-state index contributed by atoms with van der Waals surface area (Å²) < 4.78 is 10.8. The summed E-state index contributed by atoms with van der Waals surface area (Å²) in [4.78, 5) is 10.9. The minimum absolute atomic E-state index is 0.0290. The minimum Gasteiger partial charge on any atom is -0.476 e. The van der Waals surface area contributed by atoms with Crippen LogP contribution in [-0.4, -0.2) is 39.7 Å². The van der Waals surface area contributed by atoms with Crippen molar-refractivity contribution < 1.29 is 19.4 Å². The zero-order chi connectivity index (χ0) is 14.7. The molecule has 1 aliphatic heterocycles. The van der Waals surface area contributed by atoms with Gasteiger partial charge in [-0.2, -0.15) is 0 Å². The summed E-state index contributed by atoms with van der Waals surface area (Å²) in [5.74, 6) is -0.102. The average Bonchev–Trinajstić information content (AvgIpc) is 2.97. The van der Waals surface area contributed by atoms with Crippen molar-refractivity contribution in [1.82, 2.24) is 15.4 Å². The Hall–Kier alpha value is -2.41. The molecule has 0 aliphatic carbocycles. The van der Waals surface area contributed by atoms with E-state index < -0.39 is 5.97 Å². The standard InChI is InChI=1S/C14H15N3O4/c18-14(19)12-13(16-17-15-12)21-11-3-1-9(2-4-11)10-5-7-20-8-6-10/h1-4,10H,5-8H2,(H,18,19)(H,15,16,17). The van der Waals surface area contributed by atoms with Crippen LogP contribution in [0.15, 0.2) is 24.3 Å². The number of rotatable bonds is 4. The van der Waals surface area contributed by atoms with Crippen molar-refractivity contribution in [2.24, 2.45) is 0 Å². The number of carboxylic acid groups (broad SMARTS) is 1. The molecule has 7 heteroatoms. The largest absolute Gasteiger partial charge is 0.476 e. The molecule has 1 aliphatic rings. The van der Waals surface area contributed by atoms with E-state index in [1.54, 1.807) is 0 Å². The van der Waals surface area contributed by atoms with Gasteiger partial charge in [0.25, 0.3) is 5.88 Å². The second-order valence-electron chi connectivity index (χ2n) is 4.85. The van der Waals surface area contributed by atoms with Crippen LogP contribution in [0, 0.1) is 0 Å². The summed E-state index contributed by atoms with van der Waals surface area (Å²) in [6.07, 6.45) is 2.04. The first-order chi connectivity index (χ1) is 10.2. The fourth-order valence-corrected chi connectivity index (χ4v) is 2.39. The van der Waals surface area contributed by atoms with Crippen LogP contribution < -0.4 is 4.74 Å². The maximum absolute atomic E-state index is 10.9. The molecule has 1 fully saturated rings. The van der Waals surface area contributed by atoms with E-state index in [1.807, 2.05) is 24.3 Å². The van der Waals surface area contributed by atoms with Gasteiger partial charge in [-0.05, 0) is 36.5 Å². The number of carboxylic acids is 1. The van der Waals surface area contributed by atoms with E-state index in [2.05, 4.69) is 15.4 Å². The Morgan fingerprint density at radius 2 is 2.00 bits per heavy atom. The van der Waals surface area contributed by atoms with Gasteiger partial charge in [0.1, 0.15) is 5.75 Å². The number of hydrogen-bond donors (Lipinski definition) is 2. The number of aromatic carboxylic acids is 1. The SMILES string of the molecule is O=C(O)c1nn[nH]c1Oc1ccc(C2CCOCC2)cc1. The predicted octanol–water partition coefficient (Wildman–Crippen LogP) is 2.19. The van der Waals surface area contributed by atoms with E-state index in [0.717, 1.165) is 26.1 Å². The molecule has 110 valence electrons. The van der Waals surface area contributed by atoms with Crippen molar-refractivity contribution in [2.75, 3.05) is 13.2 Å². The van der Waals surface area contributed by atoms with Gasteiger partial charge in [0, 0.05) is 13.2 Å². The predicted molar refractivity (Wildman–Crippen MR) is 72.7 cm³/mol. The van der Waals surface area contributed by atoms with Crippen LogP contribution in [0.5, 0.6) is 11.6 Å². The zero-order valence-electron chi connectivity index (χ0n) is 11.3. The third-order valence-electron chi connectivity index (χ3n) is 3.51. The molecular weight excluding hydrogens is 274 g/mol. The second-order valence-corrected chi connectivity index (χ2v) is 4.85. The first kappa shape index (κ1) is 13.6. The van der Waals surface area contributed by atoms with Gasteiger partial charge in [-0.15, -0.1) is 5.10 Å². The number of aromatic amines is 1. The van der Waals surface area contributed by atoms with Gasteiger partial charge in [0.15, 0.2) is 0 Å². The van der Waals surface area contributed by atoms with Crippen LogP contribution in [0.4, 0.5) is 0 Å². The van der Waals surface area contributed by atoms with Crippen LogP contribution >= 0.6 is 0 Å². The monoisotopic (exact) mass is 289 g/mol. The maximum atomic E-state index is 10.9. The fourth-order valence-electron chi connectivity index (χ4n) is 2.39. The van der Waals surface area contributed by atoms with Gasteiger partial charge >= 0.3 is 5.97 Å². The summed E-state index contributed by atoms with van der Waals surface area (Å²) >= 11 is 0. The lowest BCUT2D eigenvalue weighted by atomic mass is 9.92. The highest BCUT2D eigenvalue weighted by Crippen LogP contribution is 2.29. The highest BCUT2D eigenvalue weighted by atomic mass is 16.5. The molecule has 7 nitrogen and oxygen atoms in total. The average molecular weight is 289 g/mol. The van der Waals surface area contributed by atoms with Crippen LogP contribution in [0.2, 0.25) is 0 Å². The molecule has 0 saturated carbocycles. The van der Waals surface area contributed by atoms with Crippen molar-refractivity contribution in [3.63, 3.8) is 0 Å². The Kier molecular flexibility index (Phi) is 3.83. The van der Waals surface area contributed by atoms with Crippen LogP contribution in [0.25, 0.3) is 0 Å². The van der Waals surface area contributed by atoms with E-state index in [9.17, 15) is 4.79 Å². The molecule has 2 heterocycles. The molecule has 2 aromatic rings. The number of carbonyl (C=O) groups is 1. The van der Waals surface area contributed by atoms with E-state index in [4.69, 9.17) is 14.6 Å². The quantitative estimate of drug-likeness (QED) is 0.895. The molecule has 0 unspecified atom stereocenters. The van der Waals surface area contributed by atoms with Gasteiger partial charge in [-0.1, -0.05) is 17.3 Å². The number of nitrogens with zero attached hydrogens (tertiary/aromatic N) is 2. The molecule has 0 radical (unpaired) electrons. The van der Waals surface area contributed by atoms with Crippen LogP contribution in [0.3, 0.4) is 0 Å². The van der Waals surface area contributed by atoms with E-state index >= 15 is 0 Å². The second kappa shape index (κ2) is 5.92. The first-order valence-electron chi connectivity index (χ1n) is 6.74. The number of ether oxygens (including phenoxy) is 2. The summed E-state index contributed by atoms with van der Waals surface area (Å²) in [6, 6.07) is 7.62. The molecule has 0 bridgehead atoms. The molecular formula is C14H15N3O4. The number of aromatic nitrogens is 3. The van der Waals surface area contributed by atoms with Crippen molar-refractivity contribution >= 4 is 5.97 Å². The van der Waals surface area contributed by atoms with Crippen LogP contribution in [-0.2, 0) is 4.74 Å². The Morgan fingerprint density at radius 3 is 2.67 bits per heavy atom. The molecule has 3 rings (SSSR count). The Labute approximate surface area is 120 Å². The third-order valence-corrected chi connectivity index (χ3v) is 3.51. The fraction of sp³-hybridized carbons (Fsp3) is 0.357. The molecule has 1 saturated heterocycles. The lowest BCUT2D eigenvalue weighted by Crippen LogP contribution is -2.13. The summed E-state index contributed by atoms with van der Waals surface area (Å²) in [5.41, 5.74) is 1.01. The summed E-state index contributed by atoms with van der Waals surface area (Å²) in [6.45, 7) is 1.59. The molecule has 0 amide bonds. The molecule has 21 heavy (non-hydrogen) atoms. The van der Waals surface area contributed by atoms with Gasteiger partial charge in [0.05, 0.1) is 0 Å². The summed E-state index contributed by atoms with van der Waals surface area (Å²) in [5, 5.41) is 18.3. The molecule has 0 atom stereocenters. The van der Waals surface area contributed by atoms with E-state index in [0.29, 0.717) is 11.7 Å². The van der Waals surface area contributed by atoms with Gasteiger partial charge in [-0.3, -0.25) is 0 Å². The first-order valence-corrected chi connectivity index (χ1v) is 6.74. The number of benzene rings is 1. The highest BCUT2D eigenvalue weighted by molar-refractivity contribution is 5.87. The molecule has 2 N–H and O–H groups in total. The third kappa shape index (κ3) is 3.03. The lowest BCUT2D eigenvalue weighted by Gasteiger charge is -2.22. The molecule has 1 aromatic carbocycles. The Bertz CT molecular complexity index is 617. The highest BCUT2D eigenvalue weighted by Gasteiger charge is 2.18. The number of hydrogen-bond acceptors (Lipinski definition) is 5. The van der Waals surface area contributed by atoms with Crippen molar-refractivity contribution in [2.45, 2.75) is 18.8 Å². The van der Waals surface area contributed by atoms with E-state index in [-0.39, 0.29) is 11.6 Å². The Morgan fingerprint density at radius 1 is 1.29 bits per heavy atom. The normalized spacial score (nSPS) is 15.8. The Balaban J connectivity index is 1.72. The van der Waals surface area contributed by atoms with Gasteiger partial charge < -0.3 is 14.6 Å². The minimum atomic E-state index is -1.18. The lowest BCUT2D eigenvalue weighted by molar-refractivity contribution is 0.0687.